The van der Waals surface area contributed by atoms with Gasteiger partial charge in [-0.25, -0.2) is 4.98 Å². The SMILES string of the molecule is CCC(CC)C(O)CNc1nc(NC)ncc1Br. The lowest BCUT2D eigenvalue weighted by Gasteiger charge is -2.20. The van der Waals surface area contributed by atoms with E-state index in [9.17, 15) is 5.11 Å². The molecule has 0 bridgehead atoms. The third-order valence-electron chi connectivity index (χ3n) is 3.04. The highest BCUT2D eigenvalue weighted by Crippen LogP contribution is 2.21. The minimum absolute atomic E-state index is 0.321. The summed E-state index contributed by atoms with van der Waals surface area (Å²) in [5.41, 5.74) is 0. The zero-order valence-electron chi connectivity index (χ0n) is 11.1. The molecule has 18 heavy (non-hydrogen) atoms. The van der Waals surface area contributed by atoms with Crippen LogP contribution < -0.4 is 10.6 Å². The normalized spacial score (nSPS) is 12.6. The summed E-state index contributed by atoms with van der Waals surface area (Å²) in [6.45, 7) is 4.68. The minimum Gasteiger partial charge on any atom is -0.391 e. The molecule has 0 saturated heterocycles. The third-order valence-corrected chi connectivity index (χ3v) is 3.62. The van der Waals surface area contributed by atoms with E-state index in [1.54, 1.807) is 13.2 Å². The second-order valence-electron chi connectivity index (χ2n) is 4.16. The smallest absolute Gasteiger partial charge is 0.224 e. The molecule has 3 N–H and O–H groups in total. The number of rotatable bonds is 7. The average molecular weight is 317 g/mol. The summed E-state index contributed by atoms with van der Waals surface area (Å²) >= 11 is 3.38. The van der Waals surface area contributed by atoms with E-state index in [2.05, 4.69) is 50.4 Å². The van der Waals surface area contributed by atoms with Gasteiger partial charge in [-0.05, 0) is 21.8 Å². The van der Waals surface area contributed by atoms with Gasteiger partial charge in [0.05, 0.1) is 10.6 Å². The third kappa shape index (κ3) is 4.10. The van der Waals surface area contributed by atoms with Crippen LogP contribution in [0.15, 0.2) is 10.7 Å². The van der Waals surface area contributed by atoms with Crippen LogP contribution in [0.4, 0.5) is 11.8 Å². The Morgan fingerprint density at radius 2 is 2.06 bits per heavy atom. The topological polar surface area (TPSA) is 70.1 Å². The summed E-state index contributed by atoms with van der Waals surface area (Å²) in [5.74, 6) is 1.57. The van der Waals surface area contributed by atoms with Crippen LogP contribution in [0.5, 0.6) is 0 Å². The van der Waals surface area contributed by atoms with Crippen molar-refractivity contribution in [2.24, 2.45) is 5.92 Å². The van der Waals surface area contributed by atoms with Crippen LogP contribution in [-0.2, 0) is 0 Å². The van der Waals surface area contributed by atoms with Crippen LogP contribution >= 0.6 is 15.9 Å². The lowest BCUT2D eigenvalue weighted by molar-refractivity contribution is 0.114. The minimum atomic E-state index is -0.361. The van der Waals surface area contributed by atoms with E-state index in [1.165, 1.54) is 0 Å². The predicted octanol–water partition coefficient (Wildman–Crippen LogP) is 2.49. The van der Waals surface area contributed by atoms with Gasteiger partial charge in [0.15, 0.2) is 0 Å². The Bertz CT molecular complexity index is 371. The number of aliphatic hydroxyl groups is 1. The van der Waals surface area contributed by atoms with Gasteiger partial charge in [-0.3, -0.25) is 0 Å². The standard InChI is InChI=1S/C12H21BrN4O/c1-4-8(5-2)10(18)7-15-11-9(13)6-16-12(14-3)17-11/h6,8,10,18H,4-5,7H2,1-3H3,(H2,14,15,16,17). The van der Waals surface area contributed by atoms with Gasteiger partial charge in [0.25, 0.3) is 0 Å². The molecule has 0 aliphatic rings. The zero-order chi connectivity index (χ0) is 13.5. The van der Waals surface area contributed by atoms with Crippen LogP contribution in [-0.4, -0.2) is 34.8 Å². The number of aromatic nitrogens is 2. The molecule has 0 aliphatic carbocycles. The molecule has 0 saturated carbocycles. The second kappa shape index (κ2) is 7.53. The molecule has 0 fully saturated rings. The monoisotopic (exact) mass is 316 g/mol. The molecular weight excluding hydrogens is 296 g/mol. The number of hydrogen-bond donors (Lipinski definition) is 3. The van der Waals surface area contributed by atoms with E-state index < -0.39 is 0 Å². The molecule has 0 aliphatic heterocycles. The first-order chi connectivity index (χ1) is 8.62. The van der Waals surface area contributed by atoms with Crippen molar-refractivity contribution >= 4 is 27.7 Å². The number of halogens is 1. The van der Waals surface area contributed by atoms with E-state index in [0.29, 0.717) is 24.2 Å². The summed E-state index contributed by atoms with van der Waals surface area (Å²) < 4.78 is 0.790. The van der Waals surface area contributed by atoms with Gasteiger partial charge < -0.3 is 15.7 Å². The maximum atomic E-state index is 10.1. The Hall–Kier alpha value is -0.880. The quantitative estimate of drug-likeness (QED) is 0.721. The zero-order valence-corrected chi connectivity index (χ0v) is 12.7. The van der Waals surface area contributed by atoms with Gasteiger partial charge in [-0.1, -0.05) is 26.7 Å². The first-order valence-corrected chi connectivity index (χ1v) is 7.03. The molecule has 0 radical (unpaired) electrons. The average Bonchev–Trinajstić information content (AvgIpc) is 2.39. The van der Waals surface area contributed by atoms with Crippen LogP contribution in [0, 0.1) is 5.92 Å². The summed E-state index contributed by atoms with van der Waals surface area (Å²) in [7, 11) is 1.77. The van der Waals surface area contributed by atoms with Crippen molar-refractivity contribution < 1.29 is 5.11 Å². The predicted molar refractivity (Wildman–Crippen MR) is 77.8 cm³/mol. The summed E-state index contributed by atoms with van der Waals surface area (Å²) in [6.07, 6.45) is 3.28. The Labute approximate surface area is 117 Å². The Kier molecular flexibility index (Phi) is 6.35. The molecule has 1 aromatic heterocycles. The first kappa shape index (κ1) is 15.2. The van der Waals surface area contributed by atoms with Crippen LogP contribution in [0.25, 0.3) is 0 Å². The van der Waals surface area contributed by atoms with Crippen molar-refractivity contribution in [2.45, 2.75) is 32.8 Å². The van der Waals surface area contributed by atoms with Crippen LogP contribution in [0.3, 0.4) is 0 Å². The fourth-order valence-electron chi connectivity index (χ4n) is 1.81. The molecule has 6 heteroatoms. The molecule has 102 valence electrons. The van der Waals surface area contributed by atoms with Crippen molar-refractivity contribution in [3.05, 3.63) is 10.7 Å². The molecule has 1 rings (SSSR count). The van der Waals surface area contributed by atoms with Gasteiger partial charge in [-0.2, -0.15) is 4.98 Å². The van der Waals surface area contributed by atoms with Gasteiger partial charge in [0.2, 0.25) is 5.95 Å². The first-order valence-electron chi connectivity index (χ1n) is 6.24. The molecule has 0 amide bonds. The molecule has 0 spiro atoms. The van der Waals surface area contributed by atoms with Gasteiger partial charge in [0, 0.05) is 19.8 Å². The number of nitrogens with zero attached hydrogens (tertiary/aromatic N) is 2. The summed E-state index contributed by atoms with van der Waals surface area (Å²) in [4.78, 5) is 8.36. The highest BCUT2D eigenvalue weighted by molar-refractivity contribution is 9.10. The van der Waals surface area contributed by atoms with Gasteiger partial charge in [-0.15, -0.1) is 0 Å². The number of nitrogens with one attached hydrogen (secondary N) is 2. The Balaban J connectivity index is 2.62. The number of aliphatic hydroxyl groups excluding tert-OH is 1. The Morgan fingerprint density at radius 3 is 2.61 bits per heavy atom. The fourth-order valence-corrected chi connectivity index (χ4v) is 2.14. The van der Waals surface area contributed by atoms with E-state index in [0.717, 1.165) is 17.3 Å². The van der Waals surface area contributed by atoms with Crippen molar-refractivity contribution in [1.82, 2.24) is 9.97 Å². The fraction of sp³-hybridized carbons (Fsp3) is 0.667. The molecule has 0 aromatic carbocycles. The lowest BCUT2D eigenvalue weighted by atomic mass is 9.97. The van der Waals surface area contributed by atoms with Crippen molar-refractivity contribution in [1.29, 1.82) is 0 Å². The molecule has 1 heterocycles. The highest BCUT2D eigenvalue weighted by atomic mass is 79.9. The lowest BCUT2D eigenvalue weighted by Crippen LogP contribution is -2.28. The molecule has 1 atom stereocenters. The summed E-state index contributed by atoms with van der Waals surface area (Å²) in [6, 6.07) is 0. The van der Waals surface area contributed by atoms with Crippen molar-refractivity contribution in [3.63, 3.8) is 0 Å². The number of anilines is 2. The van der Waals surface area contributed by atoms with Gasteiger partial charge in [0.1, 0.15) is 5.82 Å². The second-order valence-corrected chi connectivity index (χ2v) is 5.02. The maximum absolute atomic E-state index is 10.1. The molecule has 5 nitrogen and oxygen atoms in total. The maximum Gasteiger partial charge on any atom is 0.224 e. The summed E-state index contributed by atoms with van der Waals surface area (Å²) in [5, 5.41) is 16.1. The molecular formula is C12H21BrN4O. The number of hydrogen-bond acceptors (Lipinski definition) is 5. The van der Waals surface area contributed by atoms with Gasteiger partial charge >= 0.3 is 0 Å². The Morgan fingerprint density at radius 1 is 1.39 bits per heavy atom. The van der Waals surface area contributed by atoms with Crippen molar-refractivity contribution in [2.75, 3.05) is 24.2 Å². The highest BCUT2D eigenvalue weighted by Gasteiger charge is 2.15. The van der Waals surface area contributed by atoms with E-state index in [-0.39, 0.29) is 6.10 Å². The molecule has 1 aromatic rings. The van der Waals surface area contributed by atoms with E-state index in [4.69, 9.17) is 0 Å². The van der Waals surface area contributed by atoms with Crippen molar-refractivity contribution in [3.8, 4) is 0 Å². The van der Waals surface area contributed by atoms with E-state index >= 15 is 0 Å². The van der Waals surface area contributed by atoms with E-state index in [1.807, 2.05) is 0 Å². The molecule has 1 unspecified atom stereocenters. The largest absolute Gasteiger partial charge is 0.391 e. The van der Waals surface area contributed by atoms with Crippen LogP contribution in [0.2, 0.25) is 0 Å². The van der Waals surface area contributed by atoms with Crippen LogP contribution in [0.1, 0.15) is 26.7 Å².